The quantitative estimate of drug-likeness (QED) is 0.325. The van der Waals surface area contributed by atoms with E-state index in [0.717, 1.165) is 43.3 Å². The molecule has 0 bridgehead atoms. The molecule has 2 aromatic rings. The Bertz CT molecular complexity index is 816. The number of guanidine groups is 1. The fourth-order valence-electron chi connectivity index (χ4n) is 3.04. The average molecular weight is 396 g/mol. The maximum absolute atomic E-state index is 9.50. The van der Waals surface area contributed by atoms with Gasteiger partial charge in [0.25, 0.3) is 0 Å². The topological polar surface area (TPSA) is 104 Å². The number of nitrogens with two attached hydrogens (primary N) is 1. The van der Waals surface area contributed by atoms with Crippen LogP contribution in [0.4, 0.5) is 5.82 Å². The number of nitrogens with zero attached hydrogens (tertiary/aromatic N) is 4. The molecule has 7 nitrogen and oxygen atoms in total. The summed E-state index contributed by atoms with van der Waals surface area (Å²) in [5, 5.41) is 20.7. The van der Waals surface area contributed by atoms with Crippen molar-refractivity contribution in [3.63, 3.8) is 0 Å². The number of aromatic nitrogens is 2. The Morgan fingerprint density at radius 3 is 2.66 bits per heavy atom. The minimum atomic E-state index is 0.386. The Morgan fingerprint density at radius 1 is 1.24 bits per heavy atom. The second-order valence-electron chi connectivity index (χ2n) is 7.39. The molecule has 2 rings (SSSR count). The van der Waals surface area contributed by atoms with Crippen LogP contribution < -0.4 is 16.4 Å². The van der Waals surface area contributed by atoms with Gasteiger partial charge in [-0.2, -0.15) is 10.4 Å². The Labute approximate surface area is 174 Å². The zero-order valence-electron chi connectivity index (χ0n) is 17.8. The first-order chi connectivity index (χ1) is 14.1. The number of anilines is 1. The molecule has 1 aromatic heterocycles. The third-order valence-electron chi connectivity index (χ3n) is 4.54. The van der Waals surface area contributed by atoms with Crippen LogP contribution in [0.5, 0.6) is 0 Å². The number of aliphatic imine (C=N–C) groups is 1. The maximum atomic E-state index is 9.50. The largest absolute Gasteiger partial charge is 0.382 e. The molecule has 1 heterocycles. The number of benzene rings is 1. The van der Waals surface area contributed by atoms with Gasteiger partial charge >= 0.3 is 0 Å². The Morgan fingerprint density at radius 2 is 2.00 bits per heavy atom. The van der Waals surface area contributed by atoms with Crippen LogP contribution in [-0.2, 0) is 6.42 Å². The Kier molecular flexibility index (Phi) is 9.03. The summed E-state index contributed by atoms with van der Waals surface area (Å²) in [5.41, 5.74) is 8.19. The highest BCUT2D eigenvalue weighted by Crippen LogP contribution is 2.21. The van der Waals surface area contributed by atoms with Crippen molar-refractivity contribution < 1.29 is 0 Å². The molecule has 0 amide bonds. The molecule has 7 heteroatoms. The summed E-state index contributed by atoms with van der Waals surface area (Å²) >= 11 is 0. The van der Waals surface area contributed by atoms with Crippen molar-refractivity contribution in [1.29, 1.82) is 5.26 Å². The third kappa shape index (κ3) is 6.83. The molecule has 0 saturated heterocycles. The molecule has 4 N–H and O–H groups in total. The fourth-order valence-corrected chi connectivity index (χ4v) is 3.04. The highest BCUT2D eigenvalue weighted by Gasteiger charge is 2.16. The molecule has 0 atom stereocenters. The molecule has 0 radical (unpaired) electrons. The van der Waals surface area contributed by atoms with Gasteiger partial charge in [-0.1, -0.05) is 32.0 Å². The van der Waals surface area contributed by atoms with Crippen LogP contribution in [0, 0.1) is 17.2 Å². The van der Waals surface area contributed by atoms with E-state index in [1.165, 1.54) is 6.42 Å². The zero-order chi connectivity index (χ0) is 21.1. The normalized spacial score (nSPS) is 11.5. The Balaban J connectivity index is 1.94. The van der Waals surface area contributed by atoms with E-state index in [0.29, 0.717) is 30.3 Å². The van der Waals surface area contributed by atoms with Gasteiger partial charge < -0.3 is 16.4 Å². The van der Waals surface area contributed by atoms with Gasteiger partial charge in [-0.25, -0.2) is 4.68 Å². The molecule has 0 aliphatic heterocycles. The SMILES string of the molecule is CCNC(=NCCCc1nn(-c2ccccc2)c(N)c1C#N)NCCCC(C)C. The van der Waals surface area contributed by atoms with Crippen molar-refractivity contribution in [2.24, 2.45) is 10.9 Å². The van der Waals surface area contributed by atoms with Crippen molar-refractivity contribution in [3.8, 4) is 11.8 Å². The lowest BCUT2D eigenvalue weighted by molar-refractivity contribution is 0.549. The first-order valence-corrected chi connectivity index (χ1v) is 10.4. The van der Waals surface area contributed by atoms with Crippen molar-refractivity contribution in [2.75, 3.05) is 25.4 Å². The number of nitriles is 1. The van der Waals surface area contributed by atoms with Crippen LogP contribution in [0.2, 0.25) is 0 Å². The lowest BCUT2D eigenvalue weighted by atomic mass is 10.1. The van der Waals surface area contributed by atoms with Gasteiger partial charge in [0.2, 0.25) is 0 Å². The summed E-state index contributed by atoms with van der Waals surface area (Å²) in [6.45, 7) is 8.93. The molecule has 0 aliphatic rings. The molecule has 0 aliphatic carbocycles. The first-order valence-electron chi connectivity index (χ1n) is 10.4. The summed E-state index contributed by atoms with van der Waals surface area (Å²) in [6.07, 6.45) is 3.78. The van der Waals surface area contributed by atoms with E-state index in [-0.39, 0.29) is 0 Å². The van der Waals surface area contributed by atoms with E-state index in [1.807, 2.05) is 30.3 Å². The second-order valence-corrected chi connectivity index (χ2v) is 7.39. The molecule has 0 unspecified atom stereocenters. The predicted octanol–water partition coefficient (Wildman–Crippen LogP) is 3.25. The predicted molar refractivity (Wildman–Crippen MR) is 119 cm³/mol. The summed E-state index contributed by atoms with van der Waals surface area (Å²) < 4.78 is 1.64. The van der Waals surface area contributed by atoms with Crippen LogP contribution in [0.15, 0.2) is 35.3 Å². The second kappa shape index (κ2) is 11.7. The molecule has 0 spiro atoms. The molecular weight excluding hydrogens is 362 g/mol. The van der Waals surface area contributed by atoms with Crippen molar-refractivity contribution >= 4 is 11.8 Å². The summed E-state index contributed by atoms with van der Waals surface area (Å²) in [4.78, 5) is 4.63. The lowest BCUT2D eigenvalue weighted by Gasteiger charge is -2.11. The number of nitrogens with one attached hydrogen (secondary N) is 2. The van der Waals surface area contributed by atoms with Crippen LogP contribution in [0.1, 0.15) is 51.3 Å². The van der Waals surface area contributed by atoms with E-state index in [4.69, 9.17) is 5.73 Å². The molecule has 29 heavy (non-hydrogen) atoms. The smallest absolute Gasteiger partial charge is 0.191 e. The lowest BCUT2D eigenvalue weighted by Crippen LogP contribution is -2.38. The standard InChI is InChI=1S/C22H33N7/c1-4-25-22(26-14-8-10-17(2)3)27-15-9-13-20-19(16-23)21(24)29(28-20)18-11-6-5-7-12-18/h5-7,11-12,17H,4,8-10,13-15,24H2,1-3H3,(H2,25,26,27). The summed E-state index contributed by atoms with van der Waals surface area (Å²) in [5.74, 6) is 1.94. The first kappa shape index (κ1) is 22.3. The van der Waals surface area contributed by atoms with Crippen molar-refractivity contribution in [2.45, 2.75) is 46.5 Å². The van der Waals surface area contributed by atoms with Crippen LogP contribution in [0.3, 0.4) is 0 Å². The van der Waals surface area contributed by atoms with Crippen LogP contribution >= 0.6 is 0 Å². The van der Waals surface area contributed by atoms with Crippen molar-refractivity contribution in [3.05, 3.63) is 41.6 Å². The van der Waals surface area contributed by atoms with Gasteiger partial charge in [-0.15, -0.1) is 0 Å². The highest BCUT2D eigenvalue weighted by molar-refractivity contribution is 5.79. The summed E-state index contributed by atoms with van der Waals surface area (Å²) in [7, 11) is 0. The zero-order valence-corrected chi connectivity index (χ0v) is 17.8. The minimum Gasteiger partial charge on any atom is -0.382 e. The maximum Gasteiger partial charge on any atom is 0.191 e. The number of nitrogen functional groups attached to an aromatic ring is 1. The molecule has 1 aromatic carbocycles. The van der Waals surface area contributed by atoms with E-state index in [1.54, 1.807) is 4.68 Å². The van der Waals surface area contributed by atoms with Gasteiger partial charge in [0.1, 0.15) is 17.5 Å². The summed E-state index contributed by atoms with van der Waals surface area (Å²) in [6, 6.07) is 11.8. The van der Waals surface area contributed by atoms with Gasteiger partial charge in [-0.3, -0.25) is 4.99 Å². The monoisotopic (exact) mass is 395 g/mol. The minimum absolute atomic E-state index is 0.386. The van der Waals surface area contributed by atoms with Gasteiger partial charge in [0.15, 0.2) is 5.96 Å². The molecular formula is C22H33N7. The van der Waals surface area contributed by atoms with Gasteiger partial charge in [0.05, 0.1) is 11.4 Å². The number of aryl methyl sites for hydroxylation is 1. The average Bonchev–Trinajstić information content (AvgIpc) is 3.04. The van der Waals surface area contributed by atoms with E-state index >= 15 is 0 Å². The molecule has 156 valence electrons. The van der Waals surface area contributed by atoms with Crippen LogP contribution in [-0.4, -0.2) is 35.4 Å². The van der Waals surface area contributed by atoms with Gasteiger partial charge in [0, 0.05) is 19.6 Å². The number of hydrogen-bond donors (Lipinski definition) is 3. The highest BCUT2D eigenvalue weighted by atomic mass is 15.3. The third-order valence-corrected chi connectivity index (χ3v) is 4.54. The van der Waals surface area contributed by atoms with E-state index in [2.05, 4.69) is 47.6 Å². The fraction of sp³-hybridized carbons (Fsp3) is 0.500. The Hall–Kier alpha value is -3.01. The van der Waals surface area contributed by atoms with Crippen molar-refractivity contribution in [1.82, 2.24) is 20.4 Å². The number of rotatable bonds is 10. The number of hydrogen-bond acceptors (Lipinski definition) is 4. The molecule has 0 fully saturated rings. The van der Waals surface area contributed by atoms with Crippen LogP contribution in [0.25, 0.3) is 5.69 Å². The van der Waals surface area contributed by atoms with Gasteiger partial charge in [-0.05, 0) is 50.7 Å². The number of para-hydroxylation sites is 1. The van der Waals surface area contributed by atoms with E-state index < -0.39 is 0 Å². The molecule has 0 saturated carbocycles. The van der Waals surface area contributed by atoms with E-state index in [9.17, 15) is 5.26 Å².